The molecule has 0 aromatic carbocycles. The quantitative estimate of drug-likeness (QED) is 0.853. The molecule has 6 nitrogen and oxygen atoms in total. The molecule has 3 rings (SSSR count). The maximum Gasteiger partial charge on any atom is 0.267 e. The van der Waals surface area contributed by atoms with Crippen molar-refractivity contribution in [3.05, 3.63) is 47.8 Å². The van der Waals surface area contributed by atoms with E-state index in [2.05, 4.69) is 39.0 Å². The van der Waals surface area contributed by atoms with Gasteiger partial charge in [-0.25, -0.2) is 9.97 Å². The van der Waals surface area contributed by atoms with Crippen LogP contribution in [0.4, 0.5) is 0 Å². The molecule has 3 heterocycles. The van der Waals surface area contributed by atoms with Crippen molar-refractivity contribution < 1.29 is 4.79 Å². The van der Waals surface area contributed by atoms with Gasteiger partial charge in [0.15, 0.2) is 0 Å². The third-order valence-corrected chi connectivity index (χ3v) is 4.41. The van der Waals surface area contributed by atoms with Crippen LogP contribution in [0.3, 0.4) is 0 Å². The van der Waals surface area contributed by atoms with Gasteiger partial charge in [-0.1, -0.05) is 13.8 Å². The van der Waals surface area contributed by atoms with E-state index in [1.807, 2.05) is 18.5 Å². The summed E-state index contributed by atoms with van der Waals surface area (Å²) in [4.78, 5) is 26.1. The van der Waals surface area contributed by atoms with E-state index in [1.165, 1.54) is 0 Å². The molecule has 2 N–H and O–H groups in total. The SMILES string of the molecule is CC(C)c1ncc(CN2CC[C@H](CNC(=O)c3ccc[nH]3)C2)cn1. The minimum Gasteiger partial charge on any atom is -0.357 e. The Morgan fingerprint density at radius 1 is 1.42 bits per heavy atom. The minimum absolute atomic E-state index is 0.0314. The van der Waals surface area contributed by atoms with Crippen LogP contribution < -0.4 is 5.32 Å². The number of amides is 1. The summed E-state index contributed by atoms with van der Waals surface area (Å²) >= 11 is 0. The first-order chi connectivity index (χ1) is 11.6. The Hall–Kier alpha value is -2.21. The molecule has 6 heteroatoms. The highest BCUT2D eigenvalue weighted by Gasteiger charge is 2.23. The molecule has 0 radical (unpaired) electrons. The maximum atomic E-state index is 11.9. The van der Waals surface area contributed by atoms with E-state index in [4.69, 9.17) is 0 Å². The lowest BCUT2D eigenvalue weighted by atomic mass is 10.1. The summed E-state index contributed by atoms with van der Waals surface area (Å²) in [6.45, 7) is 7.84. The molecular weight excluding hydrogens is 302 g/mol. The number of hydrogen-bond acceptors (Lipinski definition) is 4. The number of rotatable bonds is 6. The average Bonchev–Trinajstić information content (AvgIpc) is 3.25. The molecule has 1 atom stereocenters. The van der Waals surface area contributed by atoms with Crippen LogP contribution in [0.1, 0.15) is 48.1 Å². The van der Waals surface area contributed by atoms with Crippen molar-refractivity contribution in [2.75, 3.05) is 19.6 Å². The van der Waals surface area contributed by atoms with E-state index in [0.717, 1.165) is 44.0 Å². The van der Waals surface area contributed by atoms with E-state index in [0.29, 0.717) is 17.5 Å². The van der Waals surface area contributed by atoms with Gasteiger partial charge in [0.05, 0.1) is 0 Å². The van der Waals surface area contributed by atoms with Crippen molar-refractivity contribution >= 4 is 5.91 Å². The third kappa shape index (κ3) is 4.20. The second-order valence-corrected chi connectivity index (χ2v) is 6.79. The normalized spacial score (nSPS) is 18.2. The highest BCUT2D eigenvalue weighted by Crippen LogP contribution is 2.18. The Labute approximate surface area is 142 Å². The predicted octanol–water partition coefficient (Wildman–Crippen LogP) is 2.18. The van der Waals surface area contributed by atoms with Crippen LogP contribution in [0.25, 0.3) is 0 Å². The Kier molecular flexibility index (Phi) is 5.25. The monoisotopic (exact) mass is 327 g/mol. The first kappa shape index (κ1) is 16.6. The molecule has 1 amide bonds. The Bertz CT molecular complexity index is 651. The molecule has 0 aliphatic carbocycles. The van der Waals surface area contributed by atoms with Crippen LogP contribution in [-0.2, 0) is 6.54 Å². The van der Waals surface area contributed by atoms with Gasteiger partial charge in [0.2, 0.25) is 0 Å². The molecule has 0 saturated carbocycles. The molecule has 1 fully saturated rings. The van der Waals surface area contributed by atoms with Gasteiger partial charge in [-0.05, 0) is 31.0 Å². The second kappa shape index (κ2) is 7.57. The van der Waals surface area contributed by atoms with Gasteiger partial charge in [0.25, 0.3) is 5.91 Å². The third-order valence-electron chi connectivity index (χ3n) is 4.41. The lowest BCUT2D eigenvalue weighted by Gasteiger charge is -2.16. The summed E-state index contributed by atoms with van der Waals surface area (Å²) in [6, 6.07) is 3.62. The molecule has 24 heavy (non-hydrogen) atoms. The first-order valence-electron chi connectivity index (χ1n) is 8.56. The predicted molar refractivity (Wildman–Crippen MR) is 92.6 cm³/mol. The van der Waals surface area contributed by atoms with Gasteiger partial charge in [-0.15, -0.1) is 0 Å². The molecule has 0 spiro atoms. The lowest BCUT2D eigenvalue weighted by Crippen LogP contribution is -2.31. The lowest BCUT2D eigenvalue weighted by molar-refractivity contribution is 0.0943. The van der Waals surface area contributed by atoms with Gasteiger partial charge >= 0.3 is 0 Å². The first-order valence-corrected chi connectivity index (χ1v) is 8.56. The zero-order valence-electron chi connectivity index (χ0n) is 14.3. The van der Waals surface area contributed by atoms with Crippen LogP contribution in [0.5, 0.6) is 0 Å². The fraction of sp³-hybridized carbons (Fsp3) is 0.500. The van der Waals surface area contributed by atoms with E-state index in [9.17, 15) is 4.79 Å². The summed E-state index contributed by atoms with van der Waals surface area (Å²) < 4.78 is 0. The van der Waals surface area contributed by atoms with Crippen molar-refractivity contribution in [3.63, 3.8) is 0 Å². The van der Waals surface area contributed by atoms with Crippen molar-refractivity contribution in [1.82, 2.24) is 25.2 Å². The van der Waals surface area contributed by atoms with Crippen molar-refractivity contribution in [2.24, 2.45) is 5.92 Å². The largest absolute Gasteiger partial charge is 0.357 e. The molecular formula is C18H25N5O. The number of nitrogens with one attached hydrogen (secondary N) is 2. The number of aromatic nitrogens is 3. The number of likely N-dealkylation sites (tertiary alicyclic amines) is 1. The summed E-state index contributed by atoms with van der Waals surface area (Å²) in [5.74, 6) is 1.72. The molecule has 1 aliphatic rings. The van der Waals surface area contributed by atoms with Crippen LogP contribution in [0.2, 0.25) is 0 Å². The van der Waals surface area contributed by atoms with Gasteiger partial charge < -0.3 is 10.3 Å². The zero-order chi connectivity index (χ0) is 16.9. The topological polar surface area (TPSA) is 73.9 Å². The number of H-pyrrole nitrogens is 1. The summed E-state index contributed by atoms with van der Waals surface area (Å²) in [5, 5.41) is 3.01. The molecule has 0 unspecified atom stereocenters. The van der Waals surface area contributed by atoms with Gasteiger partial charge in [-0.2, -0.15) is 0 Å². The summed E-state index contributed by atoms with van der Waals surface area (Å²) in [6.07, 6.45) is 6.74. The van der Waals surface area contributed by atoms with Crippen LogP contribution in [0, 0.1) is 5.92 Å². The number of hydrogen-bond donors (Lipinski definition) is 2. The minimum atomic E-state index is -0.0314. The van der Waals surface area contributed by atoms with Crippen molar-refractivity contribution in [2.45, 2.75) is 32.7 Å². The standard InChI is InChI=1S/C18H25N5O/c1-13(2)17-20-9-15(10-21-17)12-23-7-5-14(11-23)8-22-18(24)16-4-3-6-19-16/h3-4,6,9-10,13-14,19H,5,7-8,11-12H2,1-2H3,(H,22,24)/t14-/m1/s1. The van der Waals surface area contributed by atoms with Gasteiger partial charge in [-0.3, -0.25) is 9.69 Å². The van der Waals surface area contributed by atoms with Crippen LogP contribution >= 0.6 is 0 Å². The fourth-order valence-electron chi connectivity index (χ4n) is 3.03. The van der Waals surface area contributed by atoms with E-state index >= 15 is 0 Å². The van der Waals surface area contributed by atoms with Crippen LogP contribution in [0.15, 0.2) is 30.7 Å². The van der Waals surface area contributed by atoms with Gasteiger partial charge in [0, 0.05) is 49.7 Å². The van der Waals surface area contributed by atoms with Crippen LogP contribution in [-0.4, -0.2) is 45.4 Å². The fourth-order valence-corrected chi connectivity index (χ4v) is 3.03. The molecule has 2 aromatic rings. The summed E-state index contributed by atoms with van der Waals surface area (Å²) in [7, 11) is 0. The van der Waals surface area contributed by atoms with Crippen molar-refractivity contribution in [1.29, 1.82) is 0 Å². The molecule has 0 bridgehead atoms. The molecule has 1 saturated heterocycles. The maximum absolute atomic E-state index is 11.9. The number of aromatic amines is 1. The highest BCUT2D eigenvalue weighted by molar-refractivity contribution is 5.92. The second-order valence-electron chi connectivity index (χ2n) is 6.79. The smallest absolute Gasteiger partial charge is 0.267 e. The van der Waals surface area contributed by atoms with E-state index < -0.39 is 0 Å². The number of carbonyl (C=O) groups is 1. The number of nitrogens with zero attached hydrogens (tertiary/aromatic N) is 3. The average molecular weight is 327 g/mol. The molecule has 2 aromatic heterocycles. The Balaban J connectivity index is 1.44. The Morgan fingerprint density at radius 2 is 2.21 bits per heavy atom. The Morgan fingerprint density at radius 3 is 2.88 bits per heavy atom. The van der Waals surface area contributed by atoms with E-state index in [1.54, 1.807) is 12.3 Å². The zero-order valence-corrected chi connectivity index (χ0v) is 14.3. The summed E-state index contributed by atoms with van der Waals surface area (Å²) in [5.41, 5.74) is 1.77. The highest BCUT2D eigenvalue weighted by atomic mass is 16.1. The number of carbonyl (C=O) groups excluding carboxylic acids is 1. The van der Waals surface area contributed by atoms with Crippen molar-refractivity contribution in [3.8, 4) is 0 Å². The molecule has 128 valence electrons. The van der Waals surface area contributed by atoms with E-state index in [-0.39, 0.29) is 5.91 Å². The van der Waals surface area contributed by atoms with Gasteiger partial charge in [0.1, 0.15) is 11.5 Å². The molecule has 1 aliphatic heterocycles.